The Balaban J connectivity index is 1.53. The van der Waals surface area contributed by atoms with E-state index in [4.69, 9.17) is 21.6 Å². The number of nitrogens with two attached hydrogens (primary N) is 1. The maximum atomic E-state index is 14.2. The molecular formula is C37H42FN5O2Si. The topological polar surface area (TPSA) is 97.2 Å². The van der Waals surface area contributed by atoms with Gasteiger partial charge in [0.1, 0.15) is 5.82 Å². The summed E-state index contributed by atoms with van der Waals surface area (Å²) in [5.74, 6) is 2.72. The summed E-state index contributed by atoms with van der Waals surface area (Å²) in [5, 5.41) is 10.3. The zero-order chi connectivity index (χ0) is 33.6. The number of nitrogens with zero attached hydrogens (tertiary/aromatic N) is 4. The normalized spacial score (nSPS) is 14.9. The summed E-state index contributed by atoms with van der Waals surface area (Å²) in [6, 6.07) is 15.2. The average molecular weight is 636 g/mol. The molecule has 46 heavy (non-hydrogen) atoms. The second kappa shape index (κ2) is 12.1. The van der Waals surface area contributed by atoms with Gasteiger partial charge in [0.15, 0.2) is 0 Å². The van der Waals surface area contributed by atoms with Gasteiger partial charge in [-0.05, 0) is 72.1 Å². The standard InChI is InChI=1S/C37H42FN5O2Si/c1-9-16-42-22-27(29-18-25(21-39)12-15-31(29)42)19-30(40)35(44)43-23-37(5,6)33-32(43)20-26(17-24-10-13-28(38)14-11-24)34(41-33)45-46(7,8)36(2,3)4/h1,10-15,18,20,22,30H,16-17,19,23,40H2,2-8H3/t30-/m0/s1. The Morgan fingerprint density at radius 2 is 1.87 bits per heavy atom. The van der Waals surface area contributed by atoms with Crippen LogP contribution in [0.3, 0.4) is 0 Å². The number of fused-ring (bicyclic) bond motifs is 2. The van der Waals surface area contributed by atoms with Gasteiger partial charge in [-0.25, -0.2) is 9.37 Å². The van der Waals surface area contributed by atoms with Crippen molar-refractivity contribution in [3.8, 4) is 24.3 Å². The second-order valence-corrected chi connectivity index (χ2v) is 19.2. The first-order valence-corrected chi connectivity index (χ1v) is 18.5. The van der Waals surface area contributed by atoms with Crippen molar-refractivity contribution in [1.82, 2.24) is 9.55 Å². The van der Waals surface area contributed by atoms with Crippen molar-refractivity contribution in [2.45, 2.75) is 83.6 Å². The molecule has 9 heteroatoms. The molecule has 2 aromatic carbocycles. The molecule has 0 saturated carbocycles. The third-order valence-corrected chi connectivity index (χ3v) is 13.7. The van der Waals surface area contributed by atoms with Crippen LogP contribution in [0.15, 0.2) is 54.7 Å². The van der Waals surface area contributed by atoms with E-state index in [9.17, 15) is 14.4 Å². The molecule has 4 aromatic rings. The largest absolute Gasteiger partial charge is 0.530 e. The minimum Gasteiger partial charge on any atom is -0.530 e. The molecule has 1 atom stereocenters. The van der Waals surface area contributed by atoms with Crippen molar-refractivity contribution in [1.29, 1.82) is 5.26 Å². The van der Waals surface area contributed by atoms with Gasteiger partial charge >= 0.3 is 0 Å². The number of pyridine rings is 1. The van der Waals surface area contributed by atoms with E-state index >= 15 is 0 Å². The average Bonchev–Trinajstić information content (AvgIpc) is 3.45. The Kier molecular flexibility index (Phi) is 8.63. The van der Waals surface area contributed by atoms with Crippen molar-refractivity contribution in [2.75, 3.05) is 11.4 Å². The molecule has 1 aliphatic rings. The van der Waals surface area contributed by atoms with Crippen molar-refractivity contribution in [2.24, 2.45) is 5.73 Å². The van der Waals surface area contributed by atoms with Crippen molar-refractivity contribution >= 4 is 30.8 Å². The summed E-state index contributed by atoms with van der Waals surface area (Å²) in [4.78, 5) is 21.0. The van der Waals surface area contributed by atoms with Crippen LogP contribution in [-0.4, -0.2) is 36.4 Å². The van der Waals surface area contributed by atoms with Crippen LogP contribution in [0.4, 0.5) is 10.1 Å². The molecule has 238 valence electrons. The number of terminal acetylenes is 1. The lowest BCUT2D eigenvalue weighted by Gasteiger charge is -2.36. The Bertz CT molecular complexity index is 1890. The highest BCUT2D eigenvalue weighted by Gasteiger charge is 2.44. The smallest absolute Gasteiger partial charge is 0.252 e. The van der Waals surface area contributed by atoms with E-state index in [1.54, 1.807) is 23.1 Å². The Labute approximate surface area is 272 Å². The number of anilines is 1. The van der Waals surface area contributed by atoms with Gasteiger partial charge in [-0.1, -0.05) is 52.7 Å². The number of halogens is 1. The van der Waals surface area contributed by atoms with Gasteiger partial charge < -0.3 is 19.6 Å². The zero-order valence-electron chi connectivity index (χ0n) is 27.7. The number of benzene rings is 2. The molecule has 0 saturated heterocycles. The van der Waals surface area contributed by atoms with Gasteiger partial charge in [-0.3, -0.25) is 4.79 Å². The molecule has 0 bridgehead atoms. The van der Waals surface area contributed by atoms with E-state index in [1.807, 2.05) is 29.0 Å². The first-order chi connectivity index (χ1) is 21.5. The number of hydrogen-bond acceptors (Lipinski definition) is 5. The first-order valence-electron chi connectivity index (χ1n) is 15.5. The highest BCUT2D eigenvalue weighted by atomic mass is 28.4. The number of carbonyl (C=O) groups excluding carboxylic acids is 1. The van der Waals surface area contributed by atoms with Crippen LogP contribution in [0.1, 0.15) is 62.6 Å². The zero-order valence-corrected chi connectivity index (χ0v) is 28.7. The van der Waals surface area contributed by atoms with Crippen molar-refractivity contribution in [3.05, 3.63) is 88.5 Å². The molecule has 0 fully saturated rings. The molecule has 0 unspecified atom stereocenters. The molecule has 1 amide bonds. The summed E-state index contributed by atoms with van der Waals surface area (Å²) in [6.45, 7) is 15.8. The predicted octanol–water partition coefficient (Wildman–Crippen LogP) is 6.85. The number of nitriles is 1. The number of carbonyl (C=O) groups is 1. The molecule has 2 aromatic heterocycles. The van der Waals surface area contributed by atoms with Crippen molar-refractivity contribution in [3.63, 3.8) is 0 Å². The number of amides is 1. The van der Waals surface area contributed by atoms with Crippen LogP contribution < -0.4 is 15.1 Å². The van der Waals surface area contributed by atoms with Crippen molar-refractivity contribution < 1.29 is 13.6 Å². The Morgan fingerprint density at radius 1 is 1.17 bits per heavy atom. The lowest BCUT2D eigenvalue weighted by Crippen LogP contribution is -2.46. The molecule has 0 aliphatic carbocycles. The summed E-state index contributed by atoms with van der Waals surface area (Å²) >= 11 is 0. The fraction of sp³-hybridized carbons (Fsp3) is 0.378. The van der Waals surface area contributed by atoms with E-state index in [0.717, 1.165) is 33.3 Å². The molecule has 3 heterocycles. The fourth-order valence-corrected chi connectivity index (χ4v) is 6.74. The van der Waals surface area contributed by atoms with E-state index in [1.165, 1.54) is 12.1 Å². The highest BCUT2D eigenvalue weighted by Crippen LogP contribution is 2.44. The maximum Gasteiger partial charge on any atom is 0.252 e. The van der Waals surface area contributed by atoms with Gasteiger partial charge in [0.2, 0.25) is 11.8 Å². The van der Waals surface area contributed by atoms with Crippen LogP contribution in [-0.2, 0) is 29.6 Å². The summed E-state index contributed by atoms with van der Waals surface area (Å²) in [7, 11) is -2.27. The number of rotatable bonds is 8. The van der Waals surface area contributed by atoms with Gasteiger partial charge in [0.25, 0.3) is 8.32 Å². The number of aromatic nitrogens is 2. The number of hydrogen-bond donors (Lipinski definition) is 1. The minimum absolute atomic E-state index is 0.0531. The van der Waals surface area contributed by atoms with Gasteiger partial charge in [-0.15, -0.1) is 6.42 Å². The molecule has 0 radical (unpaired) electrons. The SMILES string of the molecule is C#CCn1cc(C[C@H](N)C(=O)N2CC(C)(C)c3nc(O[Si](C)(C)C(C)(C)C)c(Cc4ccc(F)cc4)cc32)c2cc(C#N)ccc21. The summed E-state index contributed by atoms with van der Waals surface area (Å²) in [6.07, 6.45) is 8.28. The van der Waals surface area contributed by atoms with Crippen LogP contribution in [0.5, 0.6) is 5.88 Å². The molecule has 7 nitrogen and oxygen atoms in total. The van der Waals surface area contributed by atoms with E-state index in [-0.39, 0.29) is 23.2 Å². The first kappa shape index (κ1) is 32.9. The molecule has 1 aliphatic heterocycles. The van der Waals surface area contributed by atoms with Crippen LogP contribution in [0.2, 0.25) is 18.1 Å². The third-order valence-electron chi connectivity index (χ3n) is 9.37. The van der Waals surface area contributed by atoms with Crippen LogP contribution in [0.25, 0.3) is 10.9 Å². The molecular weight excluding hydrogens is 594 g/mol. The third kappa shape index (κ3) is 6.31. The summed E-state index contributed by atoms with van der Waals surface area (Å²) in [5.41, 5.74) is 11.7. The van der Waals surface area contributed by atoms with Gasteiger partial charge in [-0.2, -0.15) is 5.26 Å². The lowest BCUT2D eigenvalue weighted by atomic mass is 9.91. The second-order valence-electron chi connectivity index (χ2n) is 14.4. The monoisotopic (exact) mass is 635 g/mol. The van der Waals surface area contributed by atoms with E-state index < -0.39 is 19.8 Å². The predicted molar refractivity (Wildman–Crippen MR) is 184 cm³/mol. The van der Waals surface area contributed by atoms with E-state index in [2.05, 4.69) is 59.7 Å². The molecule has 0 spiro atoms. The molecule has 5 rings (SSSR count). The molecule has 2 N–H and O–H groups in total. The Hall–Kier alpha value is -4.44. The van der Waals surface area contributed by atoms with Crippen LogP contribution in [0, 0.1) is 29.5 Å². The Morgan fingerprint density at radius 3 is 2.50 bits per heavy atom. The maximum absolute atomic E-state index is 14.2. The van der Waals surface area contributed by atoms with Crippen LogP contribution >= 0.6 is 0 Å². The quantitative estimate of drug-likeness (QED) is 0.169. The van der Waals surface area contributed by atoms with E-state index in [0.29, 0.717) is 36.6 Å². The summed E-state index contributed by atoms with van der Waals surface area (Å²) < 4.78 is 22.5. The fourth-order valence-electron chi connectivity index (χ4n) is 5.77. The van der Waals surface area contributed by atoms with Gasteiger partial charge in [0, 0.05) is 41.0 Å². The highest BCUT2D eigenvalue weighted by molar-refractivity contribution is 6.74. The lowest BCUT2D eigenvalue weighted by molar-refractivity contribution is -0.119. The van der Waals surface area contributed by atoms with Gasteiger partial charge in [0.05, 0.1) is 35.6 Å². The minimum atomic E-state index is -2.27.